The lowest BCUT2D eigenvalue weighted by molar-refractivity contribution is -0.733. The molecule has 0 aromatic carbocycles. The Morgan fingerprint density at radius 2 is 1.22 bits per heavy atom. The zero-order chi connectivity index (χ0) is 16.9. The van der Waals surface area contributed by atoms with Gasteiger partial charge >= 0.3 is 0 Å². The molecule has 0 atom stereocenters. The average molecular weight is 321 g/mol. The predicted octanol–water partition coefficient (Wildman–Crippen LogP) is 5.79. The summed E-state index contributed by atoms with van der Waals surface area (Å²) in [5.41, 5.74) is 4.07. The van der Waals surface area contributed by atoms with Gasteiger partial charge in [0.15, 0.2) is 12.4 Å². The van der Waals surface area contributed by atoms with Gasteiger partial charge in [0.1, 0.15) is 0 Å². The van der Waals surface area contributed by atoms with E-state index < -0.39 is 0 Å². The third-order valence-electron chi connectivity index (χ3n) is 4.78. The SMILES string of the molecule is CCCCCCCCCCCCOC[n+]1cc(C)c(C)c(C)c1. The van der Waals surface area contributed by atoms with Gasteiger partial charge in [-0.15, -0.1) is 0 Å². The lowest BCUT2D eigenvalue weighted by Gasteiger charge is -2.05. The van der Waals surface area contributed by atoms with Gasteiger partial charge in [0.25, 0.3) is 6.73 Å². The van der Waals surface area contributed by atoms with Crippen LogP contribution < -0.4 is 4.57 Å². The molecule has 23 heavy (non-hydrogen) atoms. The van der Waals surface area contributed by atoms with Crippen molar-refractivity contribution in [2.45, 2.75) is 98.6 Å². The van der Waals surface area contributed by atoms with Gasteiger partial charge in [-0.05, 0) is 32.8 Å². The first-order chi connectivity index (χ1) is 11.1. The minimum Gasteiger partial charge on any atom is -0.323 e. The molecule has 0 spiro atoms. The number of pyridine rings is 1. The largest absolute Gasteiger partial charge is 0.323 e. The van der Waals surface area contributed by atoms with Crippen LogP contribution in [0.1, 0.15) is 87.8 Å². The summed E-state index contributed by atoms with van der Waals surface area (Å²) in [4.78, 5) is 0. The van der Waals surface area contributed by atoms with Gasteiger partial charge in [-0.25, -0.2) is 0 Å². The number of unbranched alkanes of at least 4 members (excludes halogenated alkanes) is 9. The van der Waals surface area contributed by atoms with Gasteiger partial charge < -0.3 is 4.74 Å². The first-order valence-corrected chi connectivity index (χ1v) is 9.69. The Labute approximate surface area is 144 Å². The van der Waals surface area contributed by atoms with E-state index in [0.717, 1.165) is 6.61 Å². The van der Waals surface area contributed by atoms with Crippen LogP contribution in [0.15, 0.2) is 12.4 Å². The molecule has 0 fully saturated rings. The molecule has 1 heterocycles. The van der Waals surface area contributed by atoms with E-state index >= 15 is 0 Å². The Bertz CT molecular complexity index is 405. The number of nitrogens with zero attached hydrogens (tertiary/aromatic N) is 1. The van der Waals surface area contributed by atoms with Gasteiger partial charge in [-0.2, -0.15) is 4.57 Å². The van der Waals surface area contributed by atoms with Gasteiger partial charge in [-0.1, -0.05) is 64.7 Å². The van der Waals surface area contributed by atoms with Crippen molar-refractivity contribution in [2.75, 3.05) is 6.61 Å². The Balaban J connectivity index is 1.96. The Hall–Kier alpha value is -0.890. The standard InChI is InChI=1S/C21H38NO/c1-5-6-7-8-9-10-11-12-13-14-15-23-18-22-16-19(2)21(4)20(3)17-22/h16-17H,5-15,18H2,1-4H3/q+1. The lowest BCUT2D eigenvalue weighted by Crippen LogP contribution is -2.35. The molecule has 0 saturated carbocycles. The Kier molecular flexibility index (Phi) is 11.0. The highest BCUT2D eigenvalue weighted by Gasteiger charge is 2.06. The number of hydrogen-bond donors (Lipinski definition) is 0. The second kappa shape index (κ2) is 12.5. The normalized spacial score (nSPS) is 11.1. The molecule has 0 aliphatic rings. The van der Waals surface area contributed by atoms with Crippen molar-refractivity contribution in [1.29, 1.82) is 0 Å². The van der Waals surface area contributed by atoms with Crippen LogP contribution in [0.2, 0.25) is 0 Å². The molecule has 0 saturated heterocycles. The molecule has 0 unspecified atom stereocenters. The second-order valence-electron chi connectivity index (χ2n) is 6.98. The molecular weight excluding hydrogens is 282 g/mol. The molecular formula is C21H38NO+. The van der Waals surface area contributed by atoms with E-state index in [-0.39, 0.29) is 0 Å². The topological polar surface area (TPSA) is 13.1 Å². The van der Waals surface area contributed by atoms with E-state index in [9.17, 15) is 0 Å². The summed E-state index contributed by atoms with van der Waals surface area (Å²) in [7, 11) is 0. The van der Waals surface area contributed by atoms with E-state index in [2.05, 4.69) is 44.7 Å². The quantitative estimate of drug-likeness (QED) is 0.331. The Morgan fingerprint density at radius 1 is 0.739 bits per heavy atom. The molecule has 0 bridgehead atoms. The van der Waals surface area contributed by atoms with Crippen molar-refractivity contribution in [3.05, 3.63) is 29.1 Å². The second-order valence-corrected chi connectivity index (χ2v) is 6.98. The van der Waals surface area contributed by atoms with Gasteiger partial charge in [0.2, 0.25) is 0 Å². The first-order valence-electron chi connectivity index (χ1n) is 9.69. The maximum Gasteiger partial charge on any atom is 0.252 e. The monoisotopic (exact) mass is 320 g/mol. The van der Waals surface area contributed by atoms with E-state index in [4.69, 9.17) is 4.74 Å². The fraction of sp³-hybridized carbons (Fsp3) is 0.762. The molecule has 1 aromatic heterocycles. The van der Waals surface area contributed by atoms with Crippen molar-refractivity contribution in [2.24, 2.45) is 0 Å². The van der Waals surface area contributed by atoms with Gasteiger partial charge in [0.05, 0.1) is 6.61 Å². The molecule has 1 rings (SSSR count). The minimum atomic E-state index is 0.680. The van der Waals surface area contributed by atoms with Crippen LogP contribution in [-0.2, 0) is 11.5 Å². The maximum absolute atomic E-state index is 5.80. The van der Waals surface area contributed by atoms with Crippen molar-refractivity contribution < 1.29 is 9.30 Å². The zero-order valence-corrected chi connectivity index (χ0v) is 16.0. The van der Waals surface area contributed by atoms with Crippen LogP contribution in [0.5, 0.6) is 0 Å². The molecule has 2 heteroatoms. The van der Waals surface area contributed by atoms with E-state index in [1.165, 1.54) is 80.9 Å². The predicted molar refractivity (Wildman–Crippen MR) is 98.6 cm³/mol. The number of hydrogen-bond acceptors (Lipinski definition) is 1. The molecule has 2 nitrogen and oxygen atoms in total. The average Bonchev–Trinajstić information content (AvgIpc) is 2.53. The zero-order valence-electron chi connectivity index (χ0n) is 16.0. The fourth-order valence-corrected chi connectivity index (χ4v) is 2.98. The molecule has 132 valence electrons. The summed E-state index contributed by atoms with van der Waals surface area (Å²) in [5.74, 6) is 0. The summed E-state index contributed by atoms with van der Waals surface area (Å²) in [5, 5.41) is 0. The molecule has 0 N–H and O–H groups in total. The molecule has 0 aliphatic heterocycles. The molecule has 0 radical (unpaired) electrons. The lowest BCUT2D eigenvalue weighted by atomic mass is 10.1. The van der Waals surface area contributed by atoms with E-state index in [1.807, 2.05) is 0 Å². The summed E-state index contributed by atoms with van der Waals surface area (Å²) in [6, 6.07) is 0. The fourth-order valence-electron chi connectivity index (χ4n) is 2.98. The highest BCUT2D eigenvalue weighted by atomic mass is 16.5. The number of ether oxygens (including phenoxy) is 1. The van der Waals surface area contributed by atoms with Crippen molar-refractivity contribution in [3.63, 3.8) is 0 Å². The van der Waals surface area contributed by atoms with Crippen molar-refractivity contribution in [3.8, 4) is 0 Å². The Morgan fingerprint density at radius 3 is 1.74 bits per heavy atom. The van der Waals surface area contributed by atoms with Crippen LogP contribution in [-0.4, -0.2) is 6.61 Å². The molecule has 0 aliphatic carbocycles. The molecule has 1 aromatic rings. The van der Waals surface area contributed by atoms with Crippen LogP contribution in [0, 0.1) is 20.8 Å². The summed E-state index contributed by atoms with van der Waals surface area (Å²) in [6.45, 7) is 10.4. The summed E-state index contributed by atoms with van der Waals surface area (Å²) < 4.78 is 7.97. The van der Waals surface area contributed by atoms with Crippen molar-refractivity contribution >= 4 is 0 Å². The van der Waals surface area contributed by atoms with Gasteiger partial charge in [0, 0.05) is 11.1 Å². The number of rotatable bonds is 13. The smallest absolute Gasteiger partial charge is 0.252 e. The van der Waals surface area contributed by atoms with E-state index in [1.54, 1.807) is 0 Å². The number of aryl methyl sites for hydroxylation is 2. The van der Waals surface area contributed by atoms with E-state index in [0.29, 0.717) is 6.73 Å². The third kappa shape index (κ3) is 9.10. The van der Waals surface area contributed by atoms with Crippen LogP contribution in [0.4, 0.5) is 0 Å². The summed E-state index contributed by atoms with van der Waals surface area (Å²) >= 11 is 0. The number of aromatic nitrogens is 1. The minimum absolute atomic E-state index is 0.680. The van der Waals surface area contributed by atoms with Crippen molar-refractivity contribution in [1.82, 2.24) is 0 Å². The maximum atomic E-state index is 5.80. The van der Waals surface area contributed by atoms with Crippen LogP contribution >= 0.6 is 0 Å². The molecule has 0 amide bonds. The highest BCUT2D eigenvalue weighted by molar-refractivity contribution is 5.25. The first kappa shape index (κ1) is 20.2. The third-order valence-corrected chi connectivity index (χ3v) is 4.78. The van der Waals surface area contributed by atoms with Crippen LogP contribution in [0.3, 0.4) is 0 Å². The van der Waals surface area contributed by atoms with Crippen LogP contribution in [0.25, 0.3) is 0 Å². The highest BCUT2D eigenvalue weighted by Crippen LogP contribution is 2.10. The summed E-state index contributed by atoms with van der Waals surface area (Å²) in [6.07, 6.45) is 18.1. The van der Waals surface area contributed by atoms with Gasteiger partial charge in [-0.3, -0.25) is 0 Å².